The fourth-order valence-electron chi connectivity index (χ4n) is 3.28. The zero-order valence-corrected chi connectivity index (χ0v) is 18.0. The molecule has 0 unspecified atom stereocenters. The zero-order valence-electron chi connectivity index (χ0n) is 17.2. The van der Waals surface area contributed by atoms with Gasteiger partial charge in [-0.2, -0.15) is 0 Å². The Kier molecular flexibility index (Phi) is 5.89. The van der Waals surface area contributed by atoms with E-state index in [1.807, 2.05) is 32.0 Å². The fraction of sp³-hybridized carbons (Fsp3) is 0.409. The molecule has 0 fully saturated rings. The summed E-state index contributed by atoms with van der Waals surface area (Å²) in [6.45, 7) is 7.73. The lowest BCUT2D eigenvalue weighted by Gasteiger charge is -2.18. The molecule has 1 amide bonds. The third kappa shape index (κ3) is 4.56. The molecule has 2 aromatic rings. The van der Waals surface area contributed by atoms with E-state index in [2.05, 4.69) is 5.32 Å². The van der Waals surface area contributed by atoms with E-state index >= 15 is 0 Å². The summed E-state index contributed by atoms with van der Waals surface area (Å²) in [5.41, 5.74) is 0.984. The predicted molar refractivity (Wildman–Crippen MR) is 111 cm³/mol. The van der Waals surface area contributed by atoms with Gasteiger partial charge in [0.1, 0.15) is 12.2 Å². The van der Waals surface area contributed by atoms with Crippen LogP contribution < -0.4 is 14.8 Å². The van der Waals surface area contributed by atoms with E-state index in [9.17, 15) is 13.2 Å². The van der Waals surface area contributed by atoms with Gasteiger partial charge in [0.2, 0.25) is 0 Å². The van der Waals surface area contributed by atoms with Crippen LogP contribution in [0.3, 0.4) is 0 Å². The lowest BCUT2D eigenvalue weighted by Crippen LogP contribution is -2.30. The van der Waals surface area contributed by atoms with E-state index in [4.69, 9.17) is 9.47 Å². The molecule has 1 aliphatic heterocycles. The van der Waals surface area contributed by atoms with Crippen molar-refractivity contribution in [3.63, 3.8) is 0 Å². The van der Waals surface area contributed by atoms with Crippen LogP contribution in [0, 0.1) is 0 Å². The van der Waals surface area contributed by atoms with E-state index in [-0.39, 0.29) is 29.2 Å². The van der Waals surface area contributed by atoms with Gasteiger partial charge in [-0.3, -0.25) is 4.79 Å². The summed E-state index contributed by atoms with van der Waals surface area (Å²) in [7, 11) is -3.55. The van der Waals surface area contributed by atoms with Crippen LogP contribution in [-0.4, -0.2) is 38.3 Å². The van der Waals surface area contributed by atoms with Gasteiger partial charge in [0.15, 0.2) is 21.3 Å². The third-order valence-corrected chi connectivity index (χ3v) is 6.97. The average molecular weight is 418 g/mol. The maximum Gasteiger partial charge on any atom is 0.252 e. The van der Waals surface area contributed by atoms with Gasteiger partial charge in [-0.15, -0.1) is 0 Å². The molecular formula is C22H27NO5S. The van der Waals surface area contributed by atoms with Crippen molar-refractivity contribution < 1.29 is 22.7 Å². The molecule has 29 heavy (non-hydrogen) atoms. The molecule has 0 saturated carbocycles. The van der Waals surface area contributed by atoms with Gasteiger partial charge in [0, 0.05) is 12.0 Å². The van der Waals surface area contributed by atoms with Gasteiger partial charge in [0.25, 0.3) is 5.91 Å². The van der Waals surface area contributed by atoms with Crippen molar-refractivity contribution in [3.8, 4) is 11.5 Å². The van der Waals surface area contributed by atoms with Crippen LogP contribution in [0.25, 0.3) is 0 Å². The summed E-state index contributed by atoms with van der Waals surface area (Å²) in [6.07, 6.45) is 0.817. The largest absolute Gasteiger partial charge is 0.488 e. The minimum absolute atomic E-state index is 0.0462. The molecule has 0 atom stereocenters. The first-order chi connectivity index (χ1) is 13.6. The van der Waals surface area contributed by atoms with E-state index in [0.29, 0.717) is 5.75 Å². The molecular weight excluding hydrogens is 390 g/mol. The van der Waals surface area contributed by atoms with Crippen LogP contribution in [0.1, 0.15) is 43.6 Å². The molecule has 3 rings (SSSR count). The van der Waals surface area contributed by atoms with Crippen LogP contribution in [0.15, 0.2) is 47.4 Å². The second-order valence-electron chi connectivity index (χ2n) is 7.98. The zero-order chi connectivity index (χ0) is 21.2. The van der Waals surface area contributed by atoms with Crippen molar-refractivity contribution in [2.75, 3.05) is 13.2 Å². The standard InChI is InChI=1S/C22H27NO5S/c1-15(2)29(25,26)19-11-6-5-9-17(19)21(24)23-12-13-27-18-10-7-8-16-14-22(3,4)28-20(16)18/h5-11,15H,12-14H2,1-4H3,(H,23,24). The number of rotatable bonds is 7. The Morgan fingerprint density at radius 1 is 1.17 bits per heavy atom. The van der Waals surface area contributed by atoms with Crippen LogP contribution in [-0.2, 0) is 16.3 Å². The number of benzene rings is 2. The lowest BCUT2D eigenvalue weighted by atomic mass is 10.0. The molecule has 0 saturated heterocycles. The number of para-hydroxylation sites is 1. The number of ether oxygens (including phenoxy) is 2. The minimum Gasteiger partial charge on any atom is -0.488 e. The number of sulfone groups is 1. The van der Waals surface area contributed by atoms with Crippen LogP contribution >= 0.6 is 0 Å². The Morgan fingerprint density at radius 2 is 1.90 bits per heavy atom. The highest BCUT2D eigenvalue weighted by molar-refractivity contribution is 7.92. The highest BCUT2D eigenvalue weighted by Gasteiger charge is 2.32. The first kappa shape index (κ1) is 21.2. The van der Waals surface area contributed by atoms with Crippen LogP contribution in [0.5, 0.6) is 11.5 Å². The number of amides is 1. The molecule has 0 aliphatic carbocycles. The van der Waals surface area contributed by atoms with Crippen molar-refractivity contribution in [2.45, 2.75) is 49.9 Å². The van der Waals surface area contributed by atoms with E-state index in [0.717, 1.165) is 17.7 Å². The van der Waals surface area contributed by atoms with Gasteiger partial charge in [-0.25, -0.2) is 8.42 Å². The van der Waals surface area contributed by atoms with E-state index in [1.165, 1.54) is 12.1 Å². The lowest BCUT2D eigenvalue weighted by molar-refractivity contribution is 0.0943. The predicted octanol–water partition coefficient (Wildman–Crippen LogP) is 3.39. The van der Waals surface area contributed by atoms with Gasteiger partial charge >= 0.3 is 0 Å². The summed E-state index contributed by atoms with van der Waals surface area (Å²) >= 11 is 0. The topological polar surface area (TPSA) is 81.7 Å². The summed E-state index contributed by atoms with van der Waals surface area (Å²) in [5, 5.41) is 2.13. The molecule has 1 N–H and O–H groups in total. The van der Waals surface area contributed by atoms with Crippen molar-refractivity contribution >= 4 is 15.7 Å². The van der Waals surface area contributed by atoms with Crippen LogP contribution in [0.4, 0.5) is 0 Å². The number of fused-ring (bicyclic) bond motifs is 1. The summed E-state index contributed by atoms with van der Waals surface area (Å²) in [4.78, 5) is 12.6. The highest BCUT2D eigenvalue weighted by atomic mass is 32.2. The monoisotopic (exact) mass is 417 g/mol. The average Bonchev–Trinajstić information content (AvgIpc) is 2.99. The van der Waals surface area contributed by atoms with Crippen molar-refractivity contribution in [2.24, 2.45) is 0 Å². The fourth-order valence-corrected chi connectivity index (χ4v) is 4.52. The minimum atomic E-state index is -3.55. The summed E-state index contributed by atoms with van der Waals surface area (Å²) in [6, 6.07) is 12.0. The molecule has 0 aromatic heterocycles. The molecule has 156 valence electrons. The van der Waals surface area contributed by atoms with Gasteiger partial charge in [-0.05, 0) is 45.9 Å². The molecule has 7 heteroatoms. The second kappa shape index (κ2) is 8.06. The Labute approximate surface area is 172 Å². The Balaban J connectivity index is 1.63. The van der Waals surface area contributed by atoms with Gasteiger partial charge in [-0.1, -0.05) is 24.3 Å². The highest BCUT2D eigenvalue weighted by Crippen LogP contribution is 2.41. The van der Waals surface area contributed by atoms with Gasteiger partial charge < -0.3 is 14.8 Å². The smallest absolute Gasteiger partial charge is 0.252 e. The molecule has 0 bridgehead atoms. The summed E-state index contributed by atoms with van der Waals surface area (Å²) in [5.74, 6) is 0.950. The first-order valence-corrected chi connectivity index (χ1v) is 11.2. The molecule has 1 heterocycles. The maximum absolute atomic E-state index is 12.6. The summed E-state index contributed by atoms with van der Waals surface area (Å²) < 4.78 is 36.8. The Morgan fingerprint density at radius 3 is 2.62 bits per heavy atom. The van der Waals surface area contributed by atoms with Crippen LogP contribution in [0.2, 0.25) is 0 Å². The Bertz CT molecular complexity index is 1010. The maximum atomic E-state index is 12.6. The van der Waals surface area contributed by atoms with E-state index < -0.39 is 21.0 Å². The second-order valence-corrected chi connectivity index (χ2v) is 10.4. The molecule has 1 aliphatic rings. The van der Waals surface area contributed by atoms with Crippen molar-refractivity contribution in [1.29, 1.82) is 0 Å². The van der Waals surface area contributed by atoms with Gasteiger partial charge in [0.05, 0.1) is 22.3 Å². The number of nitrogens with one attached hydrogen (secondary N) is 1. The number of hydrogen-bond donors (Lipinski definition) is 1. The number of carbonyl (C=O) groups excluding carboxylic acids is 1. The van der Waals surface area contributed by atoms with Crippen molar-refractivity contribution in [1.82, 2.24) is 5.32 Å². The SMILES string of the molecule is CC(C)S(=O)(=O)c1ccccc1C(=O)NCCOc1cccc2c1OC(C)(C)C2. The molecule has 2 aromatic carbocycles. The molecule has 0 spiro atoms. The number of carbonyl (C=O) groups is 1. The quantitative estimate of drug-likeness (QED) is 0.699. The molecule has 6 nitrogen and oxygen atoms in total. The third-order valence-electron chi connectivity index (χ3n) is 4.76. The first-order valence-electron chi connectivity index (χ1n) is 9.67. The molecule has 0 radical (unpaired) electrons. The number of hydrogen-bond acceptors (Lipinski definition) is 5. The van der Waals surface area contributed by atoms with Crippen molar-refractivity contribution in [3.05, 3.63) is 53.6 Å². The Hall–Kier alpha value is -2.54. The normalized spacial score (nSPS) is 14.9. The van der Waals surface area contributed by atoms with E-state index in [1.54, 1.807) is 26.0 Å².